The molecule has 2 aliphatic heterocycles. The summed E-state index contributed by atoms with van der Waals surface area (Å²) in [4.78, 5) is 27.5. The number of benzene rings is 1. The van der Waals surface area contributed by atoms with Gasteiger partial charge in [0.25, 0.3) is 0 Å². The summed E-state index contributed by atoms with van der Waals surface area (Å²) in [5.41, 5.74) is 4.52. The Hall–Kier alpha value is -3.80. The van der Waals surface area contributed by atoms with E-state index in [2.05, 4.69) is 44.5 Å². The van der Waals surface area contributed by atoms with Crippen LogP contribution >= 0.6 is 0 Å². The number of carbonyl (C=O) groups excluding carboxylic acids is 1. The average molecular weight is 489 g/mol. The van der Waals surface area contributed by atoms with Crippen molar-refractivity contribution < 1.29 is 14.6 Å². The van der Waals surface area contributed by atoms with Crippen molar-refractivity contribution in [1.82, 2.24) is 14.9 Å². The van der Waals surface area contributed by atoms with Crippen molar-refractivity contribution in [2.24, 2.45) is 0 Å². The lowest BCUT2D eigenvalue weighted by Crippen LogP contribution is -2.55. The Labute approximate surface area is 211 Å². The van der Waals surface area contributed by atoms with Crippen molar-refractivity contribution in [2.45, 2.75) is 50.6 Å². The highest BCUT2D eigenvalue weighted by molar-refractivity contribution is 5.87. The Morgan fingerprint density at radius 1 is 1.31 bits per heavy atom. The quantitative estimate of drug-likeness (QED) is 0.641. The van der Waals surface area contributed by atoms with Crippen molar-refractivity contribution >= 4 is 17.4 Å². The van der Waals surface area contributed by atoms with Gasteiger partial charge in [-0.05, 0) is 55.5 Å². The fraction of sp³-hybridized carbons (Fsp3) is 0.481. The number of aromatic hydroxyl groups is 1. The van der Waals surface area contributed by atoms with E-state index < -0.39 is 0 Å². The number of hydrogen-bond acceptors (Lipinski definition) is 8. The van der Waals surface area contributed by atoms with Crippen LogP contribution in [0.15, 0.2) is 30.9 Å². The number of nitrogens with zero attached hydrogens (tertiary/aromatic N) is 6. The lowest BCUT2D eigenvalue weighted by atomic mass is 9.88. The average Bonchev–Trinajstić information content (AvgIpc) is 2.91. The minimum atomic E-state index is -0.250. The Bertz CT molecular complexity index is 1210. The highest BCUT2D eigenvalue weighted by Crippen LogP contribution is 2.37. The van der Waals surface area contributed by atoms with Crippen LogP contribution in [-0.2, 0) is 24.1 Å². The fourth-order valence-corrected chi connectivity index (χ4v) is 5.94. The fourth-order valence-electron chi connectivity index (χ4n) is 5.94. The zero-order valence-corrected chi connectivity index (χ0v) is 20.7. The van der Waals surface area contributed by atoms with Crippen LogP contribution in [0.2, 0.25) is 0 Å². The van der Waals surface area contributed by atoms with E-state index in [1.807, 2.05) is 6.07 Å². The Morgan fingerprint density at radius 2 is 2.17 bits per heavy atom. The minimum Gasteiger partial charge on any atom is -0.497 e. The van der Waals surface area contributed by atoms with Gasteiger partial charge < -0.3 is 24.5 Å². The normalized spacial score (nSPS) is 21.3. The molecule has 3 heterocycles. The van der Waals surface area contributed by atoms with Crippen molar-refractivity contribution in [1.29, 1.82) is 5.26 Å². The topological polar surface area (TPSA) is 106 Å². The maximum atomic E-state index is 12.3. The van der Waals surface area contributed by atoms with Crippen LogP contribution in [0, 0.1) is 11.3 Å². The van der Waals surface area contributed by atoms with Gasteiger partial charge >= 0.3 is 6.01 Å². The first-order valence-corrected chi connectivity index (χ1v) is 12.6. The maximum Gasteiger partial charge on any atom is 0.316 e. The molecule has 1 saturated heterocycles. The number of piperazine rings is 1. The number of carbonyl (C=O) groups is 1. The molecule has 188 valence electrons. The van der Waals surface area contributed by atoms with Gasteiger partial charge in [-0.2, -0.15) is 15.2 Å². The lowest BCUT2D eigenvalue weighted by molar-refractivity contribution is -0.128. The van der Waals surface area contributed by atoms with Gasteiger partial charge in [0.05, 0.1) is 31.3 Å². The molecule has 1 aromatic heterocycles. The number of hydrogen-bond donors (Lipinski definition) is 1. The standard InChI is InChI=1S/C27H32N6O3/c1-3-25(34)33-14-13-31(17-20(33)10-11-28)26-22-8-6-19(16-23(22)29-27(35)30-26)32-12-4-5-18-15-21(36-2)7-9-24(18)32/h3,7,9,15,19-20H,1,4-6,8,10,12-14,16-17H2,2H3,(H,29,30,35)/t19?,20-/m0/s1. The number of aromatic nitrogens is 2. The van der Waals surface area contributed by atoms with E-state index in [1.165, 1.54) is 17.3 Å². The van der Waals surface area contributed by atoms with Crippen molar-refractivity contribution in [3.8, 4) is 17.8 Å². The molecule has 36 heavy (non-hydrogen) atoms. The summed E-state index contributed by atoms with van der Waals surface area (Å²) in [5, 5.41) is 19.8. The number of rotatable bonds is 5. The van der Waals surface area contributed by atoms with E-state index in [-0.39, 0.29) is 24.4 Å². The first-order valence-electron chi connectivity index (χ1n) is 12.6. The van der Waals surface area contributed by atoms with E-state index in [9.17, 15) is 15.2 Å². The molecular formula is C27H32N6O3. The first-order chi connectivity index (χ1) is 17.5. The van der Waals surface area contributed by atoms with E-state index in [4.69, 9.17) is 4.74 Å². The second-order valence-corrected chi connectivity index (χ2v) is 9.66. The molecule has 5 rings (SSSR count). The van der Waals surface area contributed by atoms with Crippen LogP contribution in [0.1, 0.15) is 36.1 Å². The Balaban J connectivity index is 1.39. The third-order valence-electron chi connectivity index (χ3n) is 7.66. The molecule has 9 heteroatoms. The second kappa shape index (κ2) is 10.1. The van der Waals surface area contributed by atoms with Gasteiger partial charge in [0.1, 0.15) is 11.6 Å². The summed E-state index contributed by atoms with van der Waals surface area (Å²) < 4.78 is 5.43. The van der Waals surface area contributed by atoms with E-state index in [0.29, 0.717) is 25.7 Å². The minimum absolute atomic E-state index is 0.162. The third-order valence-corrected chi connectivity index (χ3v) is 7.66. The van der Waals surface area contributed by atoms with Crippen LogP contribution in [-0.4, -0.2) is 71.3 Å². The van der Waals surface area contributed by atoms with Crippen LogP contribution < -0.4 is 14.5 Å². The molecule has 2 atom stereocenters. The molecule has 1 aromatic carbocycles. The van der Waals surface area contributed by atoms with E-state index in [1.54, 1.807) is 12.0 Å². The molecule has 3 aliphatic rings. The van der Waals surface area contributed by atoms with Crippen molar-refractivity contribution in [3.05, 3.63) is 47.7 Å². The highest BCUT2D eigenvalue weighted by Gasteiger charge is 2.35. The molecule has 0 spiro atoms. The van der Waals surface area contributed by atoms with Crippen molar-refractivity contribution in [2.75, 3.05) is 43.1 Å². The highest BCUT2D eigenvalue weighted by atomic mass is 16.5. The van der Waals surface area contributed by atoms with Crippen LogP contribution in [0.3, 0.4) is 0 Å². The molecular weight excluding hydrogens is 456 g/mol. The molecule has 0 radical (unpaired) electrons. The SMILES string of the molecule is C=CC(=O)N1CCN(c2nc(O)nc3c2CCC(N2CCCc4cc(OC)ccc42)C3)C[C@@H]1CC#N. The monoisotopic (exact) mass is 488 g/mol. The van der Waals surface area contributed by atoms with Gasteiger partial charge in [-0.15, -0.1) is 0 Å². The Morgan fingerprint density at radius 3 is 2.94 bits per heavy atom. The van der Waals surface area contributed by atoms with Crippen molar-refractivity contribution in [3.63, 3.8) is 0 Å². The number of aryl methyl sites for hydroxylation is 1. The Kier molecular flexibility index (Phi) is 6.68. The van der Waals surface area contributed by atoms with Gasteiger partial charge in [0, 0.05) is 49.9 Å². The number of methoxy groups -OCH3 is 1. The molecule has 0 saturated carbocycles. The van der Waals surface area contributed by atoms with Gasteiger partial charge in [-0.1, -0.05) is 6.58 Å². The third kappa shape index (κ3) is 4.43. The second-order valence-electron chi connectivity index (χ2n) is 9.66. The summed E-state index contributed by atoms with van der Waals surface area (Å²) in [6.45, 7) is 6.14. The molecule has 0 bridgehead atoms. The van der Waals surface area contributed by atoms with Gasteiger partial charge in [0.15, 0.2) is 0 Å². The zero-order chi connectivity index (χ0) is 25.2. The van der Waals surface area contributed by atoms with E-state index in [0.717, 1.165) is 61.5 Å². The van der Waals surface area contributed by atoms with Crippen LogP contribution in [0.25, 0.3) is 0 Å². The summed E-state index contributed by atoms with van der Waals surface area (Å²) in [6, 6.07) is 8.33. The largest absolute Gasteiger partial charge is 0.497 e. The molecule has 1 fully saturated rings. The molecule has 1 unspecified atom stereocenters. The summed E-state index contributed by atoms with van der Waals surface area (Å²) in [5.74, 6) is 1.45. The number of ether oxygens (including phenoxy) is 1. The summed E-state index contributed by atoms with van der Waals surface area (Å²) in [6.07, 6.45) is 6.19. The molecule has 2 aromatic rings. The number of amides is 1. The first kappa shape index (κ1) is 23.9. The predicted molar refractivity (Wildman–Crippen MR) is 136 cm³/mol. The number of nitriles is 1. The number of anilines is 2. The number of fused-ring (bicyclic) bond motifs is 2. The van der Waals surface area contributed by atoms with Gasteiger partial charge in [-0.25, -0.2) is 0 Å². The maximum absolute atomic E-state index is 12.3. The lowest BCUT2D eigenvalue weighted by Gasteiger charge is -2.43. The summed E-state index contributed by atoms with van der Waals surface area (Å²) >= 11 is 0. The van der Waals surface area contributed by atoms with Crippen LogP contribution in [0.4, 0.5) is 11.5 Å². The molecule has 1 amide bonds. The molecule has 1 N–H and O–H groups in total. The smallest absolute Gasteiger partial charge is 0.316 e. The van der Waals surface area contributed by atoms with Gasteiger partial charge in [-0.3, -0.25) is 4.79 Å². The van der Waals surface area contributed by atoms with E-state index >= 15 is 0 Å². The molecule has 1 aliphatic carbocycles. The molecule has 9 nitrogen and oxygen atoms in total. The predicted octanol–water partition coefficient (Wildman–Crippen LogP) is 2.62. The summed E-state index contributed by atoms with van der Waals surface area (Å²) in [7, 11) is 1.70. The van der Waals surface area contributed by atoms with Crippen LogP contribution in [0.5, 0.6) is 11.8 Å². The zero-order valence-electron chi connectivity index (χ0n) is 20.7. The van der Waals surface area contributed by atoms with Gasteiger partial charge in [0.2, 0.25) is 5.91 Å².